The number of non-ortho nitro benzene ring substituents is 1. The fourth-order valence-corrected chi connectivity index (χ4v) is 2.78. The molecule has 0 saturated heterocycles. The van der Waals surface area contributed by atoms with E-state index in [-0.39, 0.29) is 23.9 Å². The third-order valence-electron chi connectivity index (χ3n) is 4.04. The molecular weight excluding hydrogens is 374 g/mol. The number of hydrogen-bond donors (Lipinski definition) is 2. The first-order valence-electron chi connectivity index (χ1n) is 8.80. The Morgan fingerprint density at radius 2 is 1.72 bits per heavy atom. The Balaban J connectivity index is 1.72. The summed E-state index contributed by atoms with van der Waals surface area (Å²) in [4.78, 5) is 33.9. The third-order valence-corrected chi connectivity index (χ3v) is 4.04. The van der Waals surface area contributed by atoms with Gasteiger partial charge in [-0.2, -0.15) is 5.10 Å². The fourth-order valence-electron chi connectivity index (χ4n) is 2.78. The van der Waals surface area contributed by atoms with Gasteiger partial charge in [-0.3, -0.25) is 19.7 Å². The molecule has 2 amide bonds. The zero-order valence-electron chi connectivity index (χ0n) is 15.9. The van der Waals surface area contributed by atoms with E-state index < -0.39 is 4.92 Å². The second-order valence-electron chi connectivity index (χ2n) is 6.46. The number of nitro benzene ring substituents is 1. The van der Waals surface area contributed by atoms with Gasteiger partial charge in [-0.05, 0) is 36.8 Å². The van der Waals surface area contributed by atoms with Crippen LogP contribution in [0.15, 0.2) is 54.6 Å². The predicted molar refractivity (Wildman–Crippen MR) is 108 cm³/mol. The molecule has 3 aromatic rings. The molecule has 3 rings (SSSR count). The van der Waals surface area contributed by atoms with Crippen LogP contribution in [-0.2, 0) is 16.0 Å². The van der Waals surface area contributed by atoms with Crippen molar-refractivity contribution in [1.29, 1.82) is 0 Å². The van der Waals surface area contributed by atoms with Crippen LogP contribution in [-0.4, -0.2) is 26.5 Å². The van der Waals surface area contributed by atoms with Crippen LogP contribution in [0.1, 0.15) is 18.2 Å². The summed E-state index contributed by atoms with van der Waals surface area (Å²) in [6.45, 7) is 3.22. The topological polar surface area (TPSA) is 119 Å². The van der Waals surface area contributed by atoms with Crippen LogP contribution in [0.25, 0.3) is 5.69 Å². The number of benzene rings is 2. The highest BCUT2D eigenvalue weighted by Gasteiger charge is 2.13. The fraction of sp³-hybridized carbons (Fsp3) is 0.150. The average molecular weight is 393 g/mol. The summed E-state index contributed by atoms with van der Waals surface area (Å²) in [6.07, 6.45) is 0.144. The van der Waals surface area contributed by atoms with Crippen molar-refractivity contribution in [3.8, 4) is 5.69 Å². The molecule has 0 fully saturated rings. The van der Waals surface area contributed by atoms with Crippen LogP contribution in [0, 0.1) is 17.0 Å². The standard InChI is InChI=1S/C20H19N5O4/c1-13-11-19(24(23-13)17-7-9-18(10-8-17)25(28)29)22-20(27)12-15-3-5-16(6-4-15)21-14(2)26/h3-11H,12H2,1-2H3,(H,21,26)(H,22,27). The SMILES string of the molecule is CC(=O)Nc1ccc(CC(=O)Nc2cc(C)nn2-c2ccc([N+](=O)[O-])cc2)cc1. The monoisotopic (exact) mass is 393 g/mol. The molecule has 9 nitrogen and oxygen atoms in total. The predicted octanol–water partition coefficient (Wildman–Crippen LogP) is 3.23. The molecule has 29 heavy (non-hydrogen) atoms. The first-order chi connectivity index (χ1) is 13.8. The minimum Gasteiger partial charge on any atom is -0.326 e. The number of nitrogens with zero attached hydrogens (tertiary/aromatic N) is 3. The molecule has 2 aromatic carbocycles. The van der Waals surface area contributed by atoms with Gasteiger partial charge in [-0.15, -0.1) is 0 Å². The lowest BCUT2D eigenvalue weighted by Gasteiger charge is -2.09. The molecule has 0 saturated carbocycles. The van der Waals surface area contributed by atoms with Crippen molar-refractivity contribution < 1.29 is 14.5 Å². The molecule has 1 aromatic heterocycles. The highest BCUT2D eigenvalue weighted by atomic mass is 16.6. The van der Waals surface area contributed by atoms with Gasteiger partial charge in [0.15, 0.2) is 0 Å². The molecule has 0 atom stereocenters. The molecule has 0 bridgehead atoms. The maximum absolute atomic E-state index is 12.5. The molecule has 0 spiro atoms. The minimum absolute atomic E-state index is 0.0223. The van der Waals surface area contributed by atoms with Gasteiger partial charge in [0.05, 0.1) is 22.7 Å². The Morgan fingerprint density at radius 3 is 2.31 bits per heavy atom. The summed E-state index contributed by atoms with van der Waals surface area (Å²) in [5.41, 5.74) is 2.71. The summed E-state index contributed by atoms with van der Waals surface area (Å²) < 4.78 is 1.52. The van der Waals surface area contributed by atoms with Crippen LogP contribution in [0.5, 0.6) is 0 Å². The van der Waals surface area contributed by atoms with Gasteiger partial charge in [0, 0.05) is 30.8 Å². The number of aryl methyl sites for hydroxylation is 1. The quantitative estimate of drug-likeness (QED) is 0.492. The lowest BCUT2D eigenvalue weighted by molar-refractivity contribution is -0.384. The van der Waals surface area contributed by atoms with E-state index in [4.69, 9.17) is 0 Å². The van der Waals surface area contributed by atoms with E-state index in [1.807, 2.05) is 0 Å². The van der Waals surface area contributed by atoms with Crippen LogP contribution in [0.3, 0.4) is 0 Å². The van der Waals surface area contributed by atoms with E-state index >= 15 is 0 Å². The molecule has 148 valence electrons. The van der Waals surface area contributed by atoms with Crippen LogP contribution < -0.4 is 10.6 Å². The summed E-state index contributed by atoms with van der Waals surface area (Å²) in [5, 5.41) is 20.7. The second kappa shape index (κ2) is 8.34. The first-order valence-corrected chi connectivity index (χ1v) is 8.80. The van der Waals surface area contributed by atoms with Crippen molar-refractivity contribution in [2.24, 2.45) is 0 Å². The normalized spacial score (nSPS) is 10.4. The molecule has 9 heteroatoms. The molecule has 0 unspecified atom stereocenters. The van der Waals surface area contributed by atoms with Gasteiger partial charge in [0.2, 0.25) is 11.8 Å². The van der Waals surface area contributed by atoms with E-state index in [0.717, 1.165) is 5.56 Å². The first kappa shape index (κ1) is 19.7. The Bertz CT molecular complexity index is 1060. The Labute approximate surface area is 166 Å². The largest absolute Gasteiger partial charge is 0.326 e. The van der Waals surface area contributed by atoms with Crippen LogP contribution >= 0.6 is 0 Å². The zero-order valence-corrected chi connectivity index (χ0v) is 15.9. The molecule has 0 radical (unpaired) electrons. The Hall–Kier alpha value is -4.01. The maximum atomic E-state index is 12.5. The molecule has 0 aliphatic heterocycles. The maximum Gasteiger partial charge on any atom is 0.269 e. The Morgan fingerprint density at radius 1 is 1.07 bits per heavy atom. The molecule has 2 N–H and O–H groups in total. The summed E-state index contributed by atoms with van der Waals surface area (Å²) in [7, 11) is 0. The lowest BCUT2D eigenvalue weighted by atomic mass is 10.1. The number of anilines is 2. The number of carbonyl (C=O) groups excluding carboxylic acids is 2. The molecule has 1 heterocycles. The highest BCUT2D eigenvalue weighted by molar-refractivity contribution is 5.92. The van der Waals surface area contributed by atoms with Crippen molar-refractivity contribution in [2.75, 3.05) is 10.6 Å². The minimum atomic E-state index is -0.474. The summed E-state index contributed by atoms with van der Waals surface area (Å²) in [6, 6.07) is 14.6. The second-order valence-corrected chi connectivity index (χ2v) is 6.46. The highest BCUT2D eigenvalue weighted by Crippen LogP contribution is 2.20. The van der Waals surface area contributed by atoms with Crippen molar-refractivity contribution in [1.82, 2.24) is 9.78 Å². The van der Waals surface area contributed by atoms with Crippen molar-refractivity contribution in [3.63, 3.8) is 0 Å². The van der Waals surface area contributed by atoms with Gasteiger partial charge in [-0.25, -0.2) is 4.68 Å². The summed E-state index contributed by atoms with van der Waals surface area (Å²) in [5.74, 6) is 0.0712. The van der Waals surface area contributed by atoms with Crippen molar-refractivity contribution >= 4 is 29.0 Å². The lowest BCUT2D eigenvalue weighted by Crippen LogP contribution is -2.17. The van der Waals surface area contributed by atoms with Gasteiger partial charge in [0.25, 0.3) is 5.69 Å². The summed E-state index contributed by atoms with van der Waals surface area (Å²) >= 11 is 0. The van der Waals surface area contributed by atoms with E-state index in [1.165, 1.54) is 23.7 Å². The number of rotatable bonds is 6. The molecular formula is C20H19N5O4. The number of aromatic nitrogens is 2. The third kappa shape index (κ3) is 5.04. The van der Waals surface area contributed by atoms with Gasteiger partial charge < -0.3 is 10.6 Å². The molecule has 0 aliphatic rings. The molecule has 0 aliphatic carbocycles. The van der Waals surface area contributed by atoms with Crippen LogP contribution in [0.4, 0.5) is 17.2 Å². The smallest absolute Gasteiger partial charge is 0.269 e. The van der Waals surface area contributed by atoms with E-state index in [0.29, 0.717) is 22.9 Å². The van der Waals surface area contributed by atoms with Gasteiger partial charge in [-0.1, -0.05) is 12.1 Å². The average Bonchev–Trinajstić information content (AvgIpc) is 3.03. The van der Waals surface area contributed by atoms with Gasteiger partial charge >= 0.3 is 0 Å². The number of carbonyl (C=O) groups is 2. The number of hydrogen-bond acceptors (Lipinski definition) is 5. The van der Waals surface area contributed by atoms with Crippen molar-refractivity contribution in [3.05, 3.63) is 76.0 Å². The van der Waals surface area contributed by atoms with Crippen LogP contribution in [0.2, 0.25) is 0 Å². The number of nitro groups is 1. The number of nitrogens with one attached hydrogen (secondary N) is 2. The van der Waals surface area contributed by atoms with Gasteiger partial charge in [0.1, 0.15) is 5.82 Å². The van der Waals surface area contributed by atoms with E-state index in [9.17, 15) is 19.7 Å². The van der Waals surface area contributed by atoms with E-state index in [2.05, 4.69) is 15.7 Å². The van der Waals surface area contributed by atoms with Crippen molar-refractivity contribution in [2.45, 2.75) is 20.3 Å². The Kier molecular flexibility index (Phi) is 5.68. The zero-order chi connectivity index (χ0) is 21.0. The van der Waals surface area contributed by atoms with E-state index in [1.54, 1.807) is 49.4 Å². The number of amides is 2.